The molecule has 0 spiro atoms. The number of pyridine rings is 1. The monoisotopic (exact) mass is 221 g/mol. The lowest BCUT2D eigenvalue weighted by Gasteiger charge is -2.17. The topological polar surface area (TPSA) is 48.1 Å². The summed E-state index contributed by atoms with van der Waals surface area (Å²) < 4.78 is 5.36. The predicted octanol–water partition coefficient (Wildman–Crippen LogP) is 3.12. The highest BCUT2D eigenvalue weighted by atomic mass is 16.5. The van der Waals surface area contributed by atoms with E-state index in [2.05, 4.69) is 39.6 Å². The number of hydrogen-bond acceptors (Lipinski definition) is 3. The molecule has 1 heterocycles. The number of hydrogen-bond donors (Lipinski definition) is 1. The Morgan fingerprint density at radius 2 is 1.94 bits per heavy atom. The Morgan fingerprint density at radius 3 is 2.38 bits per heavy atom. The van der Waals surface area contributed by atoms with Crippen LogP contribution in [0.5, 0.6) is 5.88 Å². The Balaban J connectivity index is 3.27. The van der Waals surface area contributed by atoms with E-state index < -0.39 is 0 Å². The van der Waals surface area contributed by atoms with Crippen molar-refractivity contribution < 1.29 is 4.74 Å². The Bertz CT molecular complexity index is 330. The molecule has 2 N–H and O–H groups in total. The predicted molar refractivity (Wildman–Crippen MR) is 67.7 cm³/mol. The molecule has 89 valence electrons. The van der Waals surface area contributed by atoms with Crippen molar-refractivity contribution in [3.63, 3.8) is 0 Å². The smallest absolute Gasteiger partial charge is 0.213 e. The van der Waals surface area contributed by atoms with Gasteiger partial charge in [0.15, 0.2) is 0 Å². The number of anilines is 1. The number of nitrogens with two attached hydrogens (primary N) is 1. The van der Waals surface area contributed by atoms with Gasteiger partial charge in [-0.05, 0) is 24.3 Å². The molecule has 3 heteroatoms. The molecular formula is C13H21N2O. The fourth-order valence-electron chi connectivity index (χ4n) is 1.67. The molecule has 1 aromatic rings. The summed E-state index contributed by atoms with van der Waals surface area (Å²) >= 11 is 0. The van der Waals surface area contributed by atoms with Gasteiger partial charge in [0.2, 0.25) is 5.88 Å². The maximum Gasteiger partial charge on any atom is 0.213 e. The van der Waals surface area contributed by atoms with Crippen LogP contribution in [-0.2, 0) is 0 Å². The van der Waals surface area contributed by atoms with Gasteiger partial charge >= 0.3 is 0 Å². The first-order chi connectivity index (χ1) is 7.47. The van der Waals surface area contributed by atoms with Crippen molar-refractivity contribution in [1.29, 1.82) is 0 Å². The summed E-state index contributed by atoms with van der Waals surface area (Å²) in [7, 11) is 0. The molecule has 0 fully saturated rings. The van der Waals surface area contributed by atoms with Crippen LogP contribution >= 0.6 is 0 Å². The van der Waals surface area contributed by atoms with E-state index in [0.717, 1.165) is 16.9 Å². The van der Waals surface area contributed by atoms with Crippen LogP contribution in [0.4, 0.5) is 5.69 Å². The summed E-state index contributed by atoms with van der Waals surface area (Å²) in [6, 6.07) is 1.91. The van der Waals surface area contributed by atoms with Gasteiger partial charge in [-0.15, -0.1) is 0 Å². The number of nitrogen functional groups attached to an aromatic ring is 1. The molecule has 0 bridgehead atoms. The number of ether oxygens (including phenoxy) is 1. The summed E-state index contributed by atoms with van der Waals surface area (Å²) in [5.41, 5.74) is 8.92. The largest absolute Gasteiger partial charge is 0.478 e. The van der Waals surface area contributed by atoms with Gasteiger partial charge in [-0.1, -0.05) is 27.7 Å². The molecule has 0 aliphatic carbocycles. The van der Waals surface area contributed by atoms with Crippen molar-refractivity contribution in [2.75, 3.05) is 12.3 Å². The minimum atomic E-state index is 0.297. The fourth-order valence-corrected chi connectivity index (χ4v) is 1.67. The molecule has 0 aromatic carbocycles. The lowest BCUT2D eigenvalue weighted by atomic mass is 9.97. The molecule has 0 saturated heterocycles. The molecule has 1 radical (unpaired) electrons. The van der Waals surface area contributed by atoms with Crippen LogP contribution in [0.15, 0.2) is 6.07 Å². The van der Waals surface area contributed by atoms with Gasteiger partial charge in [0.05, 0.1) is 18.0 Å². The molecule has 0 saturated carbocycles. The summed E-state index contributed by atoms with van der Waals surface area (Å²) in [6.45, 7) is 12.4. The van der Waals surface area contributed by atoms with Crippen molar-refractivity contribution in [2.24, 2.45) is 0 Å². The zero-order valence-electron chi connectivity index (χ0n) is 10.6. The first-order valence-corrected chi connectivity index (χ1v) is 5.69. The standard InChI is InChI=1S/C13H21N2O/c1-6-16-11-7-10(8(2)3)12(14)13(15-11)9(4)5/h7-9H,1,6,14H2,2-5H3. The maximum atomic E-state index is 6.12. The van der Waals surface area contributed by atoms with Crippen molar-refractivity contribution >= 4 is 5.69 Å². The molecule has 0 amide bonds. The van der Waals surface area contributed by atoms with E-state index in [0.29, 0.717) is 24.3 Å². The molecule has 0 aliphatic rings. The van der Waals surface area contributed by atoms with Gasteiger partial charge < -0.3 is 10.5 Å². The SMILES string of the molecule is [CH2]COc1cc(C(C)C)c(N)c(C(C)C)n1. The first-order valence-electron chi connectivity index (χ1n) is 5.69. The normalized spacial score (nSPS) is 11.2. The van der Waals surface area contributed by atoms with Gasteiger partial charge in [-0.2, -0.15) is 0 Å². The highest BCUT2D eigenvalue weighted by Crippen LogP contribution is 2.31. The van der Waals surface area contributed by atoms with Crippen LogP contribution in [0.3, 0.4) is 0 Å². The van der Waals surface area contributed by atoms with Gasteiger partial charge in [-0.25, -0.2) is 4.98 Å². The molecule has 0 aliphatic heterocycles. The van der Waals surface area contributed by atoms with Crippen molar-refractivity contribution in [2.45, 2.75) is 39.5 Å². The third-order valence-corrected chi connectivity index (χ3v) is 2.52. The number of aromatic nitrogens is 1. The third kappa shape index (κ3) is 2.65. The molecule has 16 heavy (non-hydrogen) atoms. The van der Waals surface area contributed by atoms with Crippen LogP contribution in [0.2, 0.25) is 0 Å². The van der Waals surface area contributed by atoms with Crippen LogP contribution in [0, 0.1) is 6.92 Å². The molecule has 1 aromatic heterocycles. The second-order valence-corrected chi connectivity index (χ2v) is 4.51. The molecule has 0 atom stereocenters. The second-order valence-electron chi connectivity index (χ2n) is 4.51. The maximum absolute atomic E-state index is 6.12. The van der Waals surface area contributed by atoms with E-state index in [4.69, 9.17) is 10.5 Å². The van der Waals surface area contributed by atoms with E-state index >= 15 is 0 Å². The Kier molecular flexibility index (Phi) is 4.16. The minimum absolute atomic E-state index is 0.297. The van der Waals surface area contributed by atoms with Gasteiger partial charge in [0, 0.05) is 6.07 Å². The van der Waals surface area contributed by atoms with Gasteiger partial charge in [-0.3, -0.25) is 0 Å². The summed E-state index contributed by atoms with van der Waals surface area (Å²) in [6.07, 6.45) is 0. The van der Waals surface area contributed by atoms with Gasteiger partial charge in [0.1, 0.15) is 0 Å². The molecule has 3 nitrogen and oxygen atoms in total. The van der Waals surface area contributed by atoms with Crippen LogP contribution in [0.1, 0.15) is 50.8 Å². The van der Waals surface area contributed by atoms with E-state index in [-0.39, 0.29) is 0 Å². The lowest BCUT2D eigenvalue weighted by molar-refractivity contribution is 0.344. The highest BCUT2D eigenvalue weighted by molar-refractivity contribution is 5.55. The summed E-state index contributed by atoms with van der Waals surface area (Å²) in [5.74, 6) is 1.29. The summed E-state index contributed by atoms with van der Waals surface area (Å²) in [4.78, 5) is 4.42. The third-order valence-electron chi connectivity index (χ3n) is 2.52. The van der Waals surface area contributed by atoms with Crippen molar-refractivity contribution in [3.05, 3.63) is 24.2 Å². The van der Waals surface area contributed by atoms with E-state index in [1.54, 1.807) is 0 Å². The number of rotatable bonds is 4. The molecule has 1 rings (SSSR count). The van der Waals surface area contributed by atoms with Crippen molar-refractivity contribution in [3.8, 4) is 5.88 Å². The average Bonchev–Trinajstić information content (AvgIpc) is 2.19. The highest BCUT2D eigenvalue weighted by Gasteiger charge is 2.15. The first kappa shape index (κ1) is 12.8. The lowest BCUT2D eigenvalue weighted by Crippen LogP contribution is -2.08. The zero-order valence-corrected chi connectivity index (χ0v) is 10.6. The molecular weight excluding hydrogens is 200 g/mol. The zero-order chi connectivity index (χ0) is 12.3. The molecule has 0 unspecified atom stereocenters. The van der Waals surface area contributed by atoms with Crippen LogP contribution < -0.4 is 10.5 Å². The summed E-state index contributed by atoms with van der Waals surface area (Å²) in [5, 5.41) is 0. The minimum Gasteiger partial charge on any atom is -0.478 e. The van der Waals surface area contributed by atoms with E-state index in [1.807, 2.05) is 6.07 Å². The van der Waals surface area contributed by atoms with E-state index in [1.165, 1.54) is 0 Å². The van der Waals surface area contributed by atoms with Gasteiger partial charge in [0.25, 0.3) is 0 Å². The quantitative estimate of drug-likeness (QED) is 0.849. The average molecular weight is 221 g/mol. The van der Waals surface area contributed by atoms with Crippen LogP contribution in [0.25, 0.3) is 0 Å². The van der Waals surface area contributed by atoms with Crippen LogP contribution in [-0.4, -0.2) is 11.6 Å². The van der Waals surface area contributed by atoms with E-state index in [9.17, 15) is 0 Å². The number of nitrogens with zero attached hydrogens (tertiary/aromatic N) is 1. The van der Waals surface area contributed by atoms with Crippen molar-refractivity contribution in [1.82, 2.24) is 4.98 Å². The Morgan fingerprint density at radius 1 is 1.31 bits per heavy atom. The Hall–Kier alpha value is -1.25. The fraction of sp³-hybridized carbons (Fsp3) is 0.538. The second kappa shape index (κ2) is 5.19. The Labute approximate surface area is 98.0 Å².